The molecule has 2 aliphatic rings. The van der Waals surface area contributed by atoms with E-state index in [1.54, 1.807) is 19.1 Å². The Kier molecular flexibility index (Phi) is 10.5. The van der Waals surface area contributed by atoms with Gasteiger partial charge in [0, 0.05) is 37.2 Å². The summed E-state index contributed by atoms with van der Waals surface area (Å²) in [5.74, 6) is -2.10. The third-order valence-electron chi connectivity index (χ3n) is 5.88. The Labute approximate surface area is 195 Å². The summed E-state index contributed by atoms with van der Waals surface area (Å²) < 4.78 is 5.68. The SMILES string of the molecule is C/C(=C\[C@H](C)C(=O)C[C@H](O)CC1CC(=O)NC(=O)C1)[C@H]1OC(=O)/C=C\CC/C=C\C=C/[C@@H]1C. The molecule has 0 saturated carbocycles. The molecule has 0 aromatic carbocycles. The lowest BCUT2D eigenvalue weighted by molar-refractivity contribution is -0.142. The summed E-state index contributed by atoms with van der Waals surface area (Å²) in [5, 5.41) is 12.6. The molecular weight excluding hydrogens is 422 g/mol. The van der Waals surface area contributed by atoms with Gasteiger partial charge in [0.05, 0.1) is 6.10 Å². The van der Waals surface area contributed by atoms with E-state index in [2.05, 4.69) is 5.32 Å². The number of aliphatic hydroxyl groups is 1. The number of carbonyl (C=O) groups is 4. The highest BCUT2D eigenvalue weighted by Crippen LogP contribution is 2.24. The van der Waals surface area contributed by atoms with Gasteiger partial charge in [-0.05, 0) is 37.7 Å². The molecule has 4 atom stereocenters. The number of cyclic esters (lactones) is 1. The number of hydrogen-bond donors (Lipinski definition) is 2. The molecule has 1 saturated heterocycles. The first-order chi connectivity index (χ1) is 15.7. The van der Waals surface area contributed by atoms with Crippen LogP contribution >= 0.6 is 0 Å². The largest absolute Gasteiger partial charge is 0.454 e. The van der Waals surface area contributed by atoms with Crippen molar-refractivity contribution in [3.05, 3.63) is 48.1 Å². The Morgan fingerprint density at radius 3 is 2.55 bits per heavy atom. The number of ether oxygens (including phenoxy) is 1. The summed E-state index contributed by atoms with van der Waals surface area (Å²) in [6.45, 7) is 5.53. The van der Waals surface area contributed by atoms with Crippen LogP contribution in [0.2, 0.25) is 0 Å². The van der Waals surface area contributed by atoms with E-state index in [4.69, 9.17) is 4.74 Å². The van der Waals surface area contributed by atoms with Crippen molar-refractivity contribution in [1.29, 1.82) is 0 Å². The zero-order valence-corrected chi connectivity index (χ0v) is 19.7. The lowest BCUT2D eigenvalue weighted by Crippen LogP contribution is -2.39. The highest BCUT2D eigenvalue weighted by atomic mass is 16.5. The first-order valence-electron chi connectivity index (χ1n) is 11.6. The standard InChI is InChI=1S/C26H35NO6/c1-17-10-8-6-4-5-7-9-11-25(32)33-26(17)19(3)12-18(2)22(29)16-21(28)13-20-14-23(30)27-24(31)15-20/h4,6,8-12,17-18,20-21,26,28H,5,7,13-16H2,1-3H3,(H,27,30,31)/b6-4-,10-8-,11-9-,19-12+/t17-,18-,21+,26-/m0/s1. The van der Waals surface area contributed by atoms with Gasteiger partial charge in [0.25, 0.3) is 0 Å². The molecule has 0 aromatic rings. The van der Waals surface area contributed by atoms with Gasteiger partial charge in [-0.15, -0.1) is 0 Å². The highest BCUT2D eigenvalue weighted by Gasteiger charge is 2.28. The molecular formula is C26H35NO6. The second-order valence-corrected chi connectivity index (χ2v) is 9.01. The van der Waals surface area contributed by atoms with Gasteiger partial charge < -0.3 is 9.84 Å². The van der Waals surface area contributed by atoms with E-state index in [0.717, 1.165) is 18.4 Å². The van der Waals surface area contributed by atoms with Gasteiger partial charge in [0.2, 0.25) is 11.8 Å². The molecule has 2 amide bonds. The smallest absolute Gasteiger partial charge is 0.331 e. The van der Waals surface area contributed by atoms with E-state index in [1.165, 1.54) is 6.08 Å². The third kappa shape index (κ3) is 9.30. The predicted octanol–water partition coefficient (Wildman–Crippen LogP) is 3.34. The Morgan fingerprint density at radius 1 is 1.18 bits per heavy atom. The molecule has 2 heterocycles. The van der Waals surface area contributed by atoms with Gasteiger partial charge in [-0.2, -0.15) is 0 Å². The van der Waals surface area contributed by atoms with Crippen molar-refractivity contribution in [3.8, 4) is 0 Å². The molecule has 2 N–H and O–H groups in total. The fourth-order valence-electron chi connectivity index (χ4n) is 4.16. The molecule has 0 spiro atoms. The molecule has 7 nitrogen and oxygen atoms in total. The summed E-state index contributed by atoms with van der Waals surface area (Å²) in [6.07, 6.45) is 13.6. The first kappa shape index (κ1) is 26.5. The maximum absolute atomic E-state index is 12.7. The maximum atomic E-state index is 12.7. The molecule has 0 unspecified atom stereocenters. The summed E-state index contributed by atoms with van der Waals surface area (Å²) in [7, 11) is 0. The van der Waals surface area contributed by atoms with Gasteiger partial charge in [-0.3, -0.25) is 19.7 Å². The van der Waals surface area contributed by atoms with Gasteiger partial charge in [-0.25, -0.2) is 4.79 Å². The van der Waals surface area contributed by atoms with Crippen LogP contribution in [-0.4, -0.2) is 40.9 Å². The third-order valence-corrected chi connectivity index (χ3v) is 5.88. The number of nitrogens with one attached hydrogen (secondary N) is 1. The van der Waals surface area contributed by atoms with Crippen LogP contribution < -0.4 is 5.32 Å². The fourth-order valence-corrected chi connectivity index (χ4v) is 4.16. The number of rotatable bonds is 7. The van der Waals surface area contributed by atoms with Crippen molar-refractivity contribution in [2.45, 2.75) is 71.5 Å². The van der Waals surface area contributed by atoms with Gasteiger partial charge in [0.1, 0.15) is 11.9 Å². The van der Waals surface area contributed by atoms with Crippen LogP contribution in [0.15, 0.2) is 48.1 Å². The number of ketones is 1. The lowest BCUT2D eigenvalue weighted by atomic mass is 9.88. The number of imide groups is 1. The Hall–Kier alpha value is -2.80. The van der Waals surface area contributed by atoms with Crippen molar-refractivity contribution in [3.63, 3.8) is 0 Å². The summed E-state index contributed by atoms with van der Waals surface area (Å²) in [6, 6.07) is 0. The average molecular weight is 458 g/mol. The number of esters is 1. The lowest BCUT2D eigenvalue weighted by Gasteiger charge is -2.24. The average Bonchev–Trinajstić information content (AvgIpc) is 2.71. The molecule has 0 aromatic heterocycles. The molecule has 1 fully saturated rings. The van der Waals surface area contributed by atoms with E-state index in [0.29, 0.717) is 0 Å². The Balaban J connectivity index is 2.01. The molecule has 0 radical (unpaired) electrons. The first-order valence-corrected chi connectivity index (χ1v) is 11.6. The number of hydrogen-bond acceptors (Lipinski definition) is 6. The molecule has 2 aliphatic heterocycles. The van der Waals surface area contributed by atoms with E-state index in [1.807, 2.05) is 38.2 Å². The number of carbonyl (C=O) groups excluding carboxylic acids is 4. The summed E-state index contributed by atoms with van der Waals surface area (Å²) >= 11 is 0. The van der Waals surface area contributed by atoms with Crippen LogP contribution in [0.3, 0.4) is 0 Å². The minimum Gasteiger partial charge on any atom is -0.454 e. The zero-order chi connectivity index (χ0) is 24.4. The van der Waals surface area contributed by atoms with Crippen LogP contribution in [0, 0.1) is 17.8 Å². The van der Waals surface area contributed by atoms with Gasteiger partial charge >= 0.3 is 5.97 Å². The van der Waals surface area contributed by atoms with E-state index in [-0.39, 0.29) is 55.1 Å². The van der Waals surface area contributed by atoms with E-state index in [9.17, 15) is 24.3 Å². The van der Waals surface area contributed by atoms with Crippen molar-refractivity contribution >= 4 is 23.6 Å². The minimum absolute atomic E-state index is 0.0648. The number of Topliss-reactive ketones (excluding diaryl/α,β-unsaturated/α-hetero) is 1. The Bertz CT molecular complexity index is 837. The number of amides is 2. The number of allylic oxidation sites excluding steroid dienone is 5. The van der Waals surface area contributed by atoms with Crippen molar-refractivity contribution in [1.82, 2.24) is 5.32 Å². The zero-order valence-electron chi connectivity index (χ0n) is 19.7. The molecule has 33 heavy (non-hydrogen) atoms. The Morgan fingerprint density at radius 2 is 1.85 bits per heavy atom. The highest BCUT2D eigenvalue weighted by molar-refractivity contribution is 5.97. The van der Waals surface area contributed by atoms with E-state index >= 15 is 0 Å². The topological polar surface area (TPSA) is 110 Å². The normalized spacial score (nSPS) is 27.9. The molecule has 0 aliphatic carbocycles. The number of aliphatic hydroxyl groups excluding tert-OH is 1. The summed E-state index contributed by atoms with van der Waals surface area (Å²) in [4.78, 5) is 47.9. The van der Waals surface area contributed by atoms with Crippen LogP contribution in [0.5, 0.6) is 0 Å². The van der Waals surface area contributed by atoms with Crippen LogP contribution in [0.4, 0.5) is 0 Å². The number of piperidine rings is 1. The van der Waals surface area contributed by atoms with E-state index < -0.39 is 24.1 Å². The molecule has 7 heteroatoms. The van der Waals surface area contributed by atoms with Crippen molar-refractivity contribution < 1.29 is 29.0 Å². The van der Waals surface area contributed by atoms with Crippen LogP contribution in [0.1, 0.15) is 59.3 Å². The molecule has 2 rings (SSSR count). The van der Waals surface area contributed by atoms with Crippen LogP contribution in [-0.2, 0) is 23.9 Å². The van der Waals surface area contributed by atoms with Gasteiger partial charge in [-0.1, -0.05) is 50.3 Å². The molecule has 0 bridgehead atoms. The van der Waals surface area contributed by atoms with Crippen LogP contribution in [0.25, 0.3) is 0 Å². The molecule has 180 valence electrons. The maximum Gasteiger partial charge on any atom is 0.331 e. The van der Waals surface area contributed by atoms with Crippen molar-refractivity contribution in [2.24, 2.45) is 17.8 Å². The van der Waals surface area contributed by atoms with Crippen molar-refractivity contribution in [2.75, 3.05) is 0 Å². The minimum atomic E-state index is -0.921. The van der Waals surface area contributed by atoms with Gasteiger partial charge in [0.15, 0.2) is 0 Å². The second kappa shape index (κ2) is 13.0. The quantitative estimate of drug-likeness (QED) is 0.345. The monoisotopic (exact) mass is 457 g/mol. The fraction of sp³-hybridized carbons (Fsp3) is 0.538. The summed E-state index contributed by atoms with van der Waals surface area (Å²) in [5.41, 5.74) is 0.764. The second-order valence-electron chi connectivity index (χ2n) is 9.01. The predicted molar refractivity (Wildman–Crippen MR) is 125 cm³/mol.